The van der Waals surface area contributed by atoms with Crippen molar-refractivity contribution in [3.05, 3.63) is 74.2 Å². The largest absolute Gasteiger partial charge is 0.426 e. The highest BCUT2D eigenvalue weighted by Gasteiger charge is 2.51. The number of hydrogen-bond donors (Lipinski definition) is 2. The Morgan fingerprint density at radius 3 is 2.66 bits per heavy atom. The molecule has 0 saturated heterocycles. The zero-order valence-electron chi connectivity index (χ0n) is 15.9. The summed E-state index contributed by atoms with van der Waals surface area (Å²) in [6.07, 6.45) is -4.56. The van der Waals surface area contributed by atoms with Gasteiger partial charge in [0.15, 0.2) is 0 Å². The van der Waals surface area contributed by atoms with E-state index in [9.17, 15) is 27.6 Å². The van der Waals surface area contributed by atoms with Crippen LogP contribution in [0.5, 0.6) is 5.75 Å². The van der Waals surface area contributed by atoms with Gasteiger partial charge >= 0.3 is 17.0 Å². The molecule has 1 aromatic heterocycles. The number of aromatic nitrogens is 1. The summed E-state index contributed by atoms with van der Waals surface area (Å²) in [7, 11) is 0. The topological polar surface area (TPSA) is 88.3 Å². The predicted octanol–water partition coefficient (Wildman–Crippen LogP) is 4.24. The van der Waals surface area contributed by atoms with E-state index in [2.05, 4.69) is 10.3 Å². The molecule has 2 aliphatic heterocycles. The summed E-state index contributed by atoms with van der Waals surface area (Å²) in [5, 5.41) is 1.93. The van der Waals surface area contributed by atoms with Gasteiger partial charge in [0.25, 0.3) is 0 Å². The number of nitrogens with one attached hydrogen (secondary N) is 2. The van der Waals surface area contributed by atoms with Crippen molar-refractivity contribution in [3.8, 4) is 5.75 Å². The van der Waals surface area contributed by atoms with E-state index in [1.54, 1.807) is 24.3 Å². The summed E-state index contributed by atoms with van der Waals surface area (Å²) >= 11 is 1.97. The Labute approximate surface area is 186 Å². The molecule has 1 amide bonds. The molecule has 0 unspecified atom stereocenters. The Hall–Kier alpha value is -3.05. The van der Waals surface area contributed by atoms with E-state index in [-0.39, 0.29) is 10.6 Å². The van der Waals surface area contributed by atoms with Gasteiger partial charge in [0.1, 0.15) is 11.0 Å². The zero-order valence-corrected chi connectivity index (χ0v) is 17.6. The van der Waals surface area contributed by atoms with Crippen LogP contribution < -0.4 is 14.9 Å². The van der Waals surface area contributed by atoms with Gasteiger partial charge in [-0.3, -0.25) is 14.4 Å². The van der Waals surface area contributed by atoms with E-state index in [1.807, 2.05) is 0 Å². The first-order chi connectivity index (χ1) is 15.2. The summed E-state index contributed by atoms with van der Waals surface area (Å²) in [4.78, 5) is 41.1. The lowest BCUT2D eigenvalue weighted by Gasteiger charge is -2.38. The van der Waals surface area contributed by atoms with Crippen molar-refractivity contribution in [1.29, 1.82) is 0 Å². The number of esters is 1. The van der Waals surface area contributed by atoms with Gasteiger partial charge in [0.2, 0.25) is 5.91 Å². The molecule has 3 atom stereocenters. The zero-order chi connectivity index (χ0) is 22.6. The molecule has 2 aliphatic rings. The average molecular weight is 478 g/mol. The molecule has 3 aromatic rings. The molecule has 2 N–H and O–H groups in total. The second-order valence-electron chi connectivity index (χ2n) is 7.28. The fourth-order valence-corrected chi connectivity index (χ4v) is 6.42. The van der Waals surface area contributed by atoms with Gasteiger partial charge in [-0.1, -0.05) is 47.4 Å². The number of benzene rings is 2. The summed E-state index contributed by atoms with van der Waals surface area (Å²) in [5.74, 6) is -2.45. The van der Waals surface area contributed by atoms with Crippen LogP contribution in [-0.2, 0) is 15.8 Å². The van der Waals surface area contributed by atoms with Crippen LogP contribution in [0.2, 0.25) is 0 Å². The monoisotopic (exact) mass is 478 g/mol. The molecular formula is C21H13F3N2O4S2. The third-order valence-corrected chi connectivity index (χ3v) is 7.72. The maximum atomic E-state index is 13.1. The summed E-state index contributed by atoms with van der Waals surface area (Å²) in [5.41, 5.74) is -0.276. The minimum atomic E-state index is -4.56. The summed E-state index contributed by atoms with van der Waals surface area (Å²) in [6, 6.07) is 11.1. The highest BCUT2D eigenvalue weighted by atomic mass is 32.2. The van der Waals surface area contributed by atoms with Crippen LogP contribution in [0.15, 0.2) is 58.4 Å². The normalized spacial score (nSPS) is 21.7. The number of halogens is 3. The van der Waals surface area contributed by atoms with Gasteiger partial charge in [0.05, 0.1) is 16.5 Å². The fourth-order valence-electron chi connectivity index (χ4n) is 3.96. The molecule has 32 heavy (non-hydrogen) atoms. The molecule has 164 valence electrons. The number of rotatable bonds is 2. The Morgan fingerprint density at radius 1 is 1.09 bits per heavy atom. The van der Waals surface area contributed by atoms with E-state index >= 15 is 0 Å². The van der Waals surface area contributed by atoms with Crippen LogP contribution in [0.25, 0.3) is 0 Å². The number of carbonyl (C=O) groups is 2. The highest BCUT2D eigenvalue weighted by Crippen LogP contribution is 2.53. The van der Waals surface area contributed by atoms with E-state index < -0.39 is 40.7 Å². The average Bonchev–Trinajstić information content (AvgIpc) is 3.12. The fraction of sp³-hybridized carbons (Fsp3) is 0.190. The molecule has 2 aromatic carbocycles. The SMILES string of the molecule is O=C1Oc2ccccc2[C@@H]2c3sc(=O)[nH]c3S[C@H](C(=O)Nc3cccc(C(F)(F)F)c3)[C@H]12. The predicted molar refractivity (Wildman–Crippen MR) is 112 cm³/mol. The van der Waals surface area contributed by atoms with E-state index in [0.717, 1.165) is 35.2 Å². The molecule has 0 radical (unpaired) electrons. The lowest BCUT2D eigenvalue weighted by Crippen LogP contribution is -2.46. The van der Waals surface area contributed by atoms with Crippen LogP contribution in [0.4, 0.5) is 18.9 Å². The van der Waals surface area contributed by atoms with Crippen LogP contribution in [0, 0.1) is 5.92 Å². The van der Waals surface area contributed by atoms with Gasteiger partial charge < -0.3 is 15.0 Å². The Bertz CT molecular complexity index is 1300. The number of carbonyl (C=O) groups excluding carboxylic acids is 2. The first kappa shape index (κ1) is 20.8. The molecule has 11 heteroatoms. The van der Waals surface area contributed by atoms with Gasteiger partial charge in [-0.15, -0.1) is 0 Å². The number of ether oxygens (including phenoxy) is 1. The number of aromatic amines is 1. The van der Waals surface area contributed by atoms with Crippen LogP contribution in [-0.4, -0.2) is 22.1 Å². The van der Waals surface area contributed by atoms with Crippen molar-refractivity contribution in [3.63, 3.8) is 0 Å². The number of para-hydroxylation sites is 1. The molecule has 6 nitrogen and oxygen atoms in total. The number of H-pyrrole nitrogens is 1. The van der Waals surface area contributed by atoms with E-state index in [4.69, 9.17) is 4.74 Å². The first-order valence-corrected chi connectivity index (χ1v) is 11.1. The van der Waals surface area contributed by atoms with Crippen LogP contribution in [0.1, 0.15) is 21.9 Å². The standard InChI is InChI=1S/C21H13F3N2O4S2/c22-21(23,24)9-4-3-5-10(8-9)25-17(27)15-14-13(16-18(31-15)26-20(29)32-16)11-6-1-2-7-12(11)30-19(14)28/h1-8,13-15H,(H,25,27)(H,26,29)/t13-,14+,15-/m0/s1. The smallest absolute Gasteiger partial charge is 0.416 e. The van der Waals surface area contributed by atoms with Crippen LogP contribution >= 0.6 is 23.1 Å². The van der Waals surface area contributed by atoms with Crippen molar-refractivity contribution < 1.29 is 27.5 Å². The highest BCUT2D eigenvalue weighted by molar-refractivity contribution is 8.00. The van der Waals surface area contributed by atoms with E-state index in [1.165, 1.54) is 12.1 Å². The van der Waals surface area contributed by atoms with Crippen molar-refractivity contribution >= 4 is 40.7 Å². The number of fused-ring (bicyclic) bond motifs is 5. The van der Waals surface area contributed by atoms with Gasteiger partial charge in [-0.05, 0) is 24.3 Å². The number of hydrogen-bond acceptors (Lipinski definition) is 6. The number of thioether (sulfide) groups is 1. The molecule has 0 spiro atoms. The van der Waals surface area contributed by atoms with Gasteiger partial charge in [-0.2, -0.15) is 13.2 Å². The maximum Gasteiger partial charge on any atom is 0.416 e. The van der Waals surface area contributed by atoms with Crippen molar-refractivity contribution in [2.45, 2.75) is 22.4 Å². The van der Waals surface area contributed by atoms with Crippen LogP contribution in [0.3, 0.4) is 0 Å². The third kappa shape index (κ3) is 3.51. The number of amides is 1. The van der Waals surface area contributed by atoms with Crippen molar-refractivity contribution in [2.24, 2.45) is 5.92 Å². The summed E-state index contributed by atoms with van der Waals surface area (Å²) in [6.45, 7) is 0. The minimum Gasteiger partial charge on any atom is -0.426 e. The van der Waals surface area contributed by atoms with Crippen molar-refractivity contribution in [2.75, 3.05) is 5.32 Å². The lowest BCUT2D eigenvalue weighted by molar-refractivity contribution is -0.142. The number of anilines is 1. The number of thiazole rings is 1. The quantitative estimate of drug-likeness (QED) is 0.425. The van der Waals surface area contributed by atoms with Crippen molar-refractivity contribution in [1.82, 2.24) is 4.98 Å². The Morgan fingerprint density at radius 2 is 1.88 bits per heavy atom. The maximum absolute atomic E-state index is 13.1. The summed E-state index contributed by atoms with van der Waals surface area (Å²) < 4.78 is 44.5. The molecule has 3 heterocycles. The van der Waals surface area contributed by atoms with Gasteiger partial charge in [0, 0.05) is 22.0 Å². The molecule has 0 fully saturated rings. The van der Waals surface area contributed by atoms with Gasteiger partial charge in [-0.25, -0.2) is 0 Å². The van der Waals surface area contributed by atoms with E-state index in [0.29, 0.717) is 21.2 Å². The molecule has 5 rings (SSSR count). The third-order valence-electron chi connectivity index (χ3n) is 5.31. The molecular weight excluding hydrogens is 465 g/mol. The second-order valence-corrected chi connectivity index (χ2v) is 9.44. The minimum absolute atomic E-state index is 0.0452. The molecule has 0 bridgehead atoms. The molecule has 0 aliphatic carbocycles. The Kier molecular flexibility index (Phi) is 4.90. The first-order valence-electron chi connectivity index (χ1n) is 9.41. The molecule has 0 saturated carbocycles. The second kappa shape index (κ2) is 7.52. The lowest BCUT2D eigenvalue weighted by atomic mass is 9.80. The Balaban J connectivity index is 1.54. The number of alkyl halides is 3.